The van der Waals surface area contributed by atoms with E-state index in [9.17, 15) is 13.2 Å². The molecule has 29 heavy (non-hydrogen) atoms. The van der Waals surface area contributed by atoms with E-state index in [0.29, 0.717) is 16.9 Å². The lowest BCUT2D eigenvalue weighted by atomic mass is 10.2. The molecule has 3 rings (SSSR count). The van der Waals surface area contributed by atoms with Crippen LogP contribution < -0.4 is 10.0 Å². The van der Waals surface area contributed by atoms with Gasteiger partial charge in [-0.25, -0.2) is 18.1 Å². The fraction of sp³-hybridized carbons (Fsp3) is 0.150. The molecule has 150 valence electrons. The maximum absolute atomic E-state index is 12.3. The quantitative estimate of drug-likeness (QED) is 0.510. The molecule has 3 aromatic rings. The minimum Gasteiger partial charge on any atom is -0.326 e. The molecule has 0 aliphatic carbocycles. The van der Waals surface area contributed by atoms with Gasteiger partial charge in [-0.3, -0.25) is 9.78 Å². The molecule has 0 atom stereocenters. The molecular formula is C20H20N4O3S2. The van der Waals surface area contributed by atoms with Gasteiger partial charge in [0.15, 0.2) is 0 Å². The third kappa shape index (κ3) is 6.31. The zero-order chi connectivity index (χ0) is 20.7. The smallest absolute Gasteiger partial charge is 0.230 e. The highest BCUT2D eigenvalue weighted by molar-refractivity contribution is 7.88. The van der Waals surface area contributed by atoms with Gasteiger partial charge in [-0.05, 0) is 29.8 Å². The Labute approximate surface area is 173 Å². The van der Waals surface area contributed by atoms with Crippen LogP contribution in [0.25, 0.3) is 10.7 Å². The van der Waals surface area contributed by atoms with Gasteiger partial charge in [0.1, 0.15) is 5.01 Å². The highest BCUT2D eigenvalue weighted by atomic mass is 32.2. The van der Waals surface area contributed by atoms with Gasteiger partial charge < -0.3 is 5.32 Å². The van der Waals surface area contributed by atoms with Crippen molar-refractivity contribution in [3.63, 3.8) is 0 Å². The molecule has 1 aromatic carbocycles. The number of thiazole rings is 1. The summed E-state index contributed by atoms with van der Waals surface area (Å²) < 4.78 is 26.2. The first-order valence-corrected chi connectivity index (χ1v) is 11.3. The minimum absolute atomic E-state index is 0.135. The lowest BCUT2D eigenvalue weighted by Gasteiger charge is -2.07. The topological polar surface area (TPSA) is 101 Å². The van der Waals surface area contributed by atoms with Gasteiger partial charge in [-0.15, -0.1) is 17.9 Å². The first-order valence-electron chi connectivity index (χ1n) is 8.78. The van der Waals surface area contributed by atoms with E-state index in [1.54, 1.807) is 30.5 Å². The van der Waals surface area contributed by atoms with Crippen molar-refractivity contribution in [2.24, 2.45) is 0 Å². The van der Waals surface area contributed by atoms with Crippen LogP contribution >= 0.6 is 11.3 Å². The van der Waals surface area contributed by atoms with E-state index in [1.807, 2.05) is 23.6 Å². The van der Waals surface area contributed by atoms with E-state index in [2.05, 4.69) is 26.6 Å². The summed E-state index contributed by atoms with van der Waals surface area (Å²) in [4.78, 5) is 21.0. The number of aromatic nitrogens is 2. The molecule has 0 saturated heterocycles. The molecule has 0 aliphatic rings. The van der Waals surface area contributed by atoms with Crippen LogP contribution in [0.15, 0.2) is 66.7 Å². The van der Waals surface area contributed by atoms with Crippen LogP contribution in [0.1, 0.15) is 11.3 Å². The maximum Gasteiger partial charge on any atom is 0.230 e. The normalized spacial score (nSPS) is 11.2. The van der Waals surface area contributed by atoms with Crippen LogP contribution in [-0.2, 0) is 27.0 Å². The van der Waals surface area contributed by atoms with Gasteiger partial charge in [0.05, 0.1) is 23.6 Å². The van der Waals surface area contributed by atoms with E-state index < -0.39 is 10.0 Å². The number of carbonyl (C=O) groups excluding carboxylic acids is 1. The number of sulfonamides is 1. The fourth-order valence-corrected chi connectivity index (χ4v) is 4.41. The van der Waals surface area contributed by atoms with Crippen molar-refractivity contribution in [2.45, 2.75) is 12.2 Å². The van der Waals surface area contributed by atoms with Gasteiger partial charge in [0, 0.05) is 23.8 Å². The molecule has 2 aromatic heterocycles. The Morgan fingerprint density at radius 2 is 1.97 bits per heavy atom. The summed E-state index contributed by atoms with van der Waals surface area (Å²) in [5.74, 6) is -0.333. The molecule has 9 heteroatoms. The number of hydrogen-bond acceptors (Lipinski definition) is 6. The van der Waals surface area contributed by atoms with Crippen LogP contribution in [0.2, 0.25) is 0 Å². The third-order valence-electron chi connectivity index (χ3n) is 3.82. The zero-order valence-electron chi connectivity index (χ0n) is 15.5. The van der Waals surface area contributed by atoms with Crippen LogP contribution in [0.3, 0.4) is 0 Å². The minimum atomic E-state index is -3.41. The summed E-state index contributed by atoms with van der Waals surface area (Å²) in [7, 11) is -3.41. The van der Waals surface area contributed by atoms with Crippen molar-refractivity contribution in [1.82, 2.24) is 14.7 Å². The number of anilines is 1. The average molecular weight is 429 g/mol. The number of benzene rings is 1. The SMILES string of the molecule is C=CCNS(=O)(=O)Cc1ccc(NC(=O)Cc2csc(-c3ccccn3)n2)cc1. The van der Waals surface area contributed by atoms with Crippen molar-refractivity contribution in [3.05, 3.63) is 78.0 Å². The average Bonchev–Trinajstić information content (AvgIpc) is 3.17. The highest BCUT2D eigenvalue weighted by Gasteiger charge is 2.12. The van der Waals surface area contributed by atoms with Crippen molar-refractivity contribution in [3.8, 4) is 10.7 Å². The van der Waals surface area contributed by atoms with Crippen LogP contribution in [0.4, 0.5) is 5.69 Å². The summed E-state index contributed by atoms with van der Waals surface area (Å²) >= 11 is 1.44. The lowest BCUT2D eigenvalue weighted by molar-refractivity contribution is -0.115. The van der Waals surface area contributed by atoms with Gasteiger partial charge in [0.25, 0.3) is 0 Å². The van der Waals surface area contributed by atoms with Gasteiger partial charge in [-0.2, -0.15) is 0 Å². The zero-order valence-corrected chi connectivity index (χ0v) is 17.2. The molecule has 0 saturated carbocycles. The molecule has 0 aliphatic heterocycles. The number of carbonyl (C=O) groups is 1. The third-order valence-corrected chi connectivity index (χ3v) is 6.05. The summed E-state index contributed by atoms with van der Waals surface area (Å²) in [6, 6.07) is 12.3. The maximum atomic E-state index is 12.3. The summed E-state index contributed by atoms with van der Waals surface area (Å²) in [6.45, 7) is 3.67. The van der Waals surface area contributed by atoms with Crippen molar-refractivity contribution in [2.75, 3.05) is 11.9 Å². The first-order chi connectivity index (χ1) is 13.9. The predicted octanol–water partition coefficient (Wildman–Crippen LogP) is 2.99. The summed E-state index contributed by atoms with van der Waals surface area (Å²) in [5, 5.41) is 5.40. The van der Waals surface area contributed by atoms with Crippen molar-refractivity contribution in [1.29, 1.82) is 0 Å². The molecule has 0 spiro atoms. The van der Waals surface area contributed by atoms with Crippen molar-refractivity contribution >= 4 is 33.0 Å². The van der Waals surface area contributed by atoms with E-state index >= 15 is 0 Å². The fourth-order valence-electron chi connectivity index (χ4n) is 2.51. The molecule has 0 unspecified atom stereocenters. The Hall–Kier alpha value is -2.88. The van der Waals surface area contributed by atoms with E-state index in [1.165, 1.54) is 17.4 Å². The van der Waals surface area contributed by atoms with Gasteiger partial charge in [0.2, 0.25) is 15.9 Å². The standard InChI is InChI=1S/C20H20N4O3S2/c1-2-10-22-29(26,27)14-15-6-8-16(9-7-15)23-19(25)12-17-13-28-20(24-17)18-5-3-4-11-21-18/h2-9,11,13,22H,1,10,12,14H2,(H,23,25). The molecule has 7 nitrogen and oxygen atoms in total. The first kappa shape index (κ1) is 20.8. The molecule has 0 bridgehead atoms. The number of pyridine rings is 1. The second kappa shape index (κ2) is 9.55. The van der Waals surface area contributed by atoms with E-state index in [-0.39, 0.29) is 24.6 Å². The molecule has 0 fully saturated rings. The summed E-state index contributed by atoms with van der Waals surface area (Å²) in [6.07, 6.45) is 3.33. The van der Waals surface area contributed by atoms with Crippen LogP contribution in [0, 0.1) is 0 Å². The van der Waals surface area contributed by atoms with E-state index in [4.69, 9.17) is 0 Å². The predicted molar refractivity (Wildman–Crippen MR) is 115 cm³/mol. The number of amides is 1. The van der Waals surface area contributed by atoms with Crippen molar-refractivity contribution < 1.29 is 13.2 Å². The number of nitrogens with one attached hydrogen (secondary N) is 2. The Kier molecular flexibility index (Phi) is 6.86. The Morgan fingerprint density at radius 3 is 2.66 bits per heavy atom. The Bertz CT molecular complexity index is 1080. The molecule has 2 N–H and O–H groups in total. The van der Waals surface area contributed by atoms with Gasteiger partial charge >= 0.3 is 0 Å². The van der Waals surface area contributed by atoms with Crippen LogP contribution in [0.5, 0.6) is 0 Å². The van der Waals surface area contributed by atoms with Gasteiger partial charge in [-0.1, -0.05) is 24.3 Å². The lowest BCUT2D eigenvalue weighted by Crippen LogP contribution is -2.25. The number of hydrogen-bond donors (Lipinski definition) is 2. The molecule has 2 heterocycles. The Balaban J connectivity index is 1.56. The second-order valence-corrected chi connectivity index (χ2v) is 8.84. The monoisotopic (exact) mass is 428 g/mol. The molecular weight excluding hydrogens is 408 g/mol. The second-order valence-electron chi connectivity index (χ2n) is 6.18. The molecule has 0 radical (unpaired) electrons. The number of rotatable bonds is 9. The number of nitrogens with zero attached hydrogens (tertiary/aromatic N) is 2. The summed E-state index contributed by atoms with van der Waals surface area (Å²) in [5.41, 5.74) is 2.66. The van der Waals surface area contributed by atoms with E-state index in [0.717, 1.165) is 10.7 Å². The molecule has 1 amide bonds. The Morgan fingerprint density at radius 1 is 1.17 bits per heavy atom. The highest BCUT2D eigenvalue weighted by Crippen LogP contribution is 2.21. The van der Waals surface area contributed by atoms with Crippen LogP contribution in [-0.4, -0.2) is 30.8 Å². The largest absolute Gasteiger partial charge is 0.326 e.